The number of nitrogens with zero attached hydrogens (tertiary/aromatic N) is 4. The van der Waals surface area contributed by atoms with E-state index in [1.165, 1.54) is 6.42 Å². The molecule has 3 aromatic heterocycles. The van der Waals surface area contributed by atoms with Gasteiger partial charge in [-0.1, -0.05) is 25.6 Å². The molecule has 6 heterocycles. The Balaban J connectivity index is 0.00000240. The summed E-state index contributed by atoms with van der Waals surface area (Å²) in [5, 5.41) is 6.19. The summed E-state index contributed by atoms with van der Waals surface area (Å²) in [5.41, 5.74) is 2.69. The number of thiophene rings is 1. The van der Waals surface area contributed by atoms with Crippen LogP contribution in [0.25, 0.3) is 32.3 Å². The summed E-state index contributed by atoms with van der Waals surface area (Å²) in [7, 11) is 2.21. The van der Waals surface area contributed by atoms with E-state index >= 15 is 0 Å². The van der Waals surface area contributed by atoms with Gasteiger partial charge in [-0.05, 0) is 49.9 Å². The highest BCUT2D eigenvalue weighted by atomic mass is 32.1. The number of nitrogens with one attached hydrogen (secondary N) is 2. The Hall–Kier alpha value is -3.56. The number of carbonyl (C=O) groups is 2. The van der Waals surface area contributed by atoms with Crippen LogP contribution in [0.4, 0.5) is 5.95 Å². The highest BCUT2D eigenvalue weighted by Crippen LogP contribution is 2.39. The molecule has 0 aliphatic carbocycles. The fourth-order valence-corrected chi connectivity index (χ4v) is 6.76. The normalized spacial score (nSPS) is 22.4. The van der Waals surface area contributed by atoms with Crippen molar-refractivity contribution in [3.05, 3.63) is 53.2 Å². The molecule has 0 saturated carbocycles. The Kier molecular flexibility index (Phi) is 5.42. The number of likely N-dealkylation sites (tertiary alicyclic amines) is 1. The second kappa shape index (κ2) is 8.53. The zero-order valence-corrected chi connectivity index (χ0v) is 20.1. The topological polar surface area (TPSA) is 94.2 Å². The van der Waals surface area contributed by atoms with Gasteiger partial charge in [0.1, 0.15) is 4.83 Å². The third kappa shape index (κ3) is 3.37. The predicted octanol–water partition coefficient (Wildman–Crippen LogP) is 3.91. The molecule has 36 heavy (non-hydrogen) atoms. The average Bonchev–Trinajstić information content (AvgIpc) is 3.63. The predicted molar refractivity (Wildman–Crippen MR) is 144 cm³/mol. The number of H-pyrrole nitrogens is 1. The van der Waals surface area contributed by atoms with Crippen LogP contribution >= 0.6 is 11.3 Å². The van der Waals surface area contributed by atoms with Gasteiger partial charge >= 0.3 is 0 Å². The number of piperidine rings is 1. The Bertz CT molecular complexity index is 1550. The largest absolute Gasteiger partial charge is 0.352 e. The molecular weight excluding hydrogens is 472 g/mol. The second-order valence-electron chi connectivity index (χ2n) is 9.62. The molecule has 1 aromatic carbocycles. The summed E-state index contributed by atoms with van der Waals surface area (Å²) >= 11 is 1.57. The number of aromatic nitrogens is 3. The Morgan fingerprint density at radius 3 is 2.72 bits per heavy atom. The molecular formula is C27H28N6O2S. The molecule has 184 valence electrons. The number of anilines is 1. The molecule has 7 rings (SSSR count). The summed E-state index contributed by atoms with van der Waals surface area (Å²) < 4.78 is 0. The standard InChI is InChI=1S/C26H24N6O2S.CH4/c1-31-9-6-14-13-32(10-7-19(14)31)26-28-18-5-3-2-4-16(18)22(29-26)21-20(23(33)30-24(21)34)17-12-27-25-15(17)8-11-35-25;/h2-5,8,11-12,14,19,27H,6-7,9-10,13H2,1H3,(H,30,33,34);1H4/t14-,19+;/m1./s1. The second-order valence-corrected chi connectivity index (χ2v) is 10.5. The number of amides is 2. The molecule has 2 fully saturated rings. The minimum absolute atomic E-state index is 0. The number of benzene rings is 1. The molecule has 0 bridgehead atoms. The lowest BCUT2D eigenvalue weighted by atomic mass is 9.93. The fourth-order valence-electron chi connectivity index (χ4n) is 5.99. The van der Waals surface area contributed by atoms with E-state index in [9.17, 15) is 9.59 Å². The molecule has 2 atom stereocenters. The van der Waals surface area contributed by atoms with Crippen LogP contribution in [-0.4, -0.2) is 64.4 Å². The van der Waals surface area contributed by atoms with Crippen LogP contribution in [0.3, 0.4) is 0 Å². The Morgan fingerprint density at radius 2 is 1.83 bits per heavy atom. The van der Waals surface area contributed by atoms with Crippen LogP contribution in [0, 0.1) is 5.92 Å². The summed E-state index contributed by atoms with van der Waals surface area (Å²) in [6.45, 7) is 2.89. The van der Waals surface area contributed by atoms with Gasteiger partial charge in [-0.25, -0.2) is 9.97 Å². The van der Waals surface area contributed by atoms with Crippen LogP contribution < -0.4 is 10.2 Å². The molecule has 0 radical (unpaired) electrons. The number of carbonyl (C=O) groups excluding carboxylic acids is 2. The first-order valence-electron chi connectivity index (χ1n) is 12.0. The maximum absolute atomic E-state index is 13.2. The van der Waals surface area contributed by atoms with Crippen LogP contribution in [-0.2, 0) is 9.59 Å². The van der Waals surface area contributed by atoms with Gasteiger partial charge in [0, 0.05) is 41.7 Å². The molecule has 2 amide bonds. The number of imide groups is 1. The zero-order chi connectivity index (χ0) is 23.7. The quantitative estimate of drug-likeness (QED) is 0.415. The van der Waals surface area contributed by atoms with E-state index in [1.54, 1.807) is 17.5 Å². The highest BCUT2D eigenvalue weighted by molar-refractivity contribution is 7.16. The lowest BCUT2D eigenvalue weighted by Crippen LogP contribution is -2.45. The van der Waals surface area contributed by atoms with Crippen molar-refractivity contribution in [2.75, 3.05) is 31.6 Å². The van der Waals surface area contributed by atoms with Gasteiger partial charge < -0.3 is 14.8 Å². The van der Waals surface area contributed by atoms with Gasteiger partial charge in [0.15, 0.2) is 0 Å². The van der Waals surface area contributed by atoms with E-state index in [1.807, 2.05) is 35.7 Å². The molecule has 0 unspecified atom stereocenters. The van der Waals surface area contributed by atoms with Crippen molar-refractivity contribution in [2.24, 2.45) is 5.92 Å². The molecule has 8 nitrogen and oxygen atoms in total. The first-order valence-corrected chi connectivity index (χ1v) is 12.8. The fraction of sp³-hybridized carbons (Fsp3) is 0.333. The number of hydrogen-bond donors (Lipinski definition) is 2. The van der Waals surface area contributed by atoms with E-state index in [4.69, 9.17) is 9.97 Å². The van der Waals surface area contributed by atoms with Crippen molar-refractivity contribution >= 4 is 61.4 Å². The van der Waals surface area contributed by atoms with E-state index in [0.717, 1.165) is 52.7 Å². The zero-order valence-electron chi connectivity index (χ0n) is 19.2. The van der Waals surface area contributed by atoms with Crippen LogP contribution in [0.15, 0.2) is 41.9 Å². The van der Waals surface area contributed by atoms with Crippen molar-refractivity contribution in [2.45, 2.75) is 26.3 Å². The average molecular weight is 501 g/mol. The van der Waals surface area contributed by atoms with Gasteiger partial charge in [-0.2, -0.15) is 0 Å². The van der Waals surface area contributed by atoms with Gasteiger partial charge in [-0.3, -0.25) is 14.9 Å². The van der Waals surface area contributed by atoms with Gasteiger partial charge in [0.25, 0.3) is 11.8 Å². The van der Waals surface area contributed by atoms with E-state index in [-0.39, 0.29) is 7.43 Å². The molecule has 9 heteroatoms. The summed E-state index contributed by atoms with van der Waals surface area (Å²) in [6.07, 6.45) is 4.05. The smallest absolute Gasteiger partial charge is 0.261 e. The van der Waals surface area contributed by atoms with Crippen molar-refractivity contribution in [3.8, 4) is 0 Å². The molecule has 0 spiro atoms. The Morgan fingerprint density at radius 1 is 1.00 bits per heavy atom. The first kappa shape index (κ1) is 22.9. The highest BCUT2D eigenvalue weighted by Gasteiger charge is 2.39. The maximum atomic E-state index is 13.2. The number of fused-ring (bicyclic) bond motifs is 3. The summed E-state index contributed by atoms with van der Waals surface area (Å²) in [6, 6.07) is 10.3. The number of para-hydroxylation sites is 1. The summed E-state index contributed by atoms with van der Waals surface area (Å²) in [4.78, 5) is 45.0. The number of hydrogen-bond acceptors (Lipinski definition) is 7. The minimum Gasteiger partial charge on any atom is -0.352 e. The maximum Gasteiger partial charge on any atom is 0.261 e. The molecule has 2 saturated heterocycles. The SMILES string of the molecule is C.CN1CC[C@@H]2CN(c3nc(C4=C(c5c[nH]c6sccc56)C(=O)NC4=O)c4ccccc4n3)CC[C@@H]21. The van der Waals surface area contributed by atoms with E-state index in [0.29, 0.717) is 34.7 Å². The summed E-state index contributed by atoms with van der Waals surface area (Å²) in [5.74, 6) is 0.405. The van der Waals surface area contributed by atoms with Crippen LogP contribution in [0.2, 0.25) is 0 Å². The third-order valence-corrected chi connectivity index (χ3v) is 8.57. The lowest BCUT2D eigenvalue weighted by Gasteiger charge is -2.37. The number of rotatable bonds is 3. The molecule has 3 aliphatic rings. The van der Waals surface area contributed by atoms with Gasteiger partial charge in [0.05, 0.1) is 22.4 Å². The molecule has 2 N–H and O–H groups in total. The van der Waals surface area contributed by atoms with E-state index < -0.39 is 11.8 Å². The monoisotopic (exact) mass is 500 g/mol. The molecule has 4 aromatic rings. The van der Waals surface area contributed by atoms with Crippen molar-refractivity contribution in [3.63, 3.8) is 0 Å². The Labute approximate surface area is 213 Å². The number of aromatic amines is 1. The minimum atomic E-state index is -0.416. The van der Waals surface area contributed by atoms with Crippen molar-refractivity contribution in [1.82, 2.24) is 25.2 Å². The van der Waals surface area contributed by atoms with Gasteiger partial charge in [0.2, 0.25) is 5.95 Å². The van der Waals surface area contributed by atoms with E-state index in [2.05, 4.69) is 27.1 Å². The van der Waals surface area contributed by atoms with Gasteiger partial charge in [-0.15, -0.1) is 11.3 Å². The van der Waals surface area contributed by atoms with Crippen LogP contribution in [0.1, 0.15) is 31.5 Å². The molecule has 3 aliphatic heterocycles. The van der Waals surface area contributed by atoms with Crippen LogP contribution in [0.5, 0.6) is 0 Å². The lowest BCUT2D eigenvalue weighted by molar-refractivity contribution is -0.122. The third-order valence-electron chi connectivity index (χ3n) is 7.73. The van der Waals surface area contributed by atoms with Crippen molar-refractivity contribution < 1.29 is 9.59 Å². The first-order chi connectivity index (χ1) is 17.1. The van der Waals surface area contributed by atoms with Crippen molar-refractivity contribution in [1.29, 1.82) is 0 Å².